The fourth-order valence-electron chi connectivity index (χ4n) is 3.64. The van der Waals surface area contributed by atoms with Crippen molar-refractivity contribution in [3.05, 3.63) is 47.4 Å². The average molecular weight is 358 g/mol. The van der Waals surface area contributed by atoms with Gasteiger partial charge in [0.05, 0.1) is 6.04 Å². The van der Waals surface area contributed by atoms with Gasteiger partial charge in [-0.05, 0) is 56.9 Å². The first-order valence-electron chi connectivity index (χ1n) is 9.05. The van der Waals surface area contributed by atoms with Gasteiger partial charge in [0, 0.05) is 23.9 Å². The lowest BCUT2D eigenvalue weighted by Gasteiger charge is -2.30. The normalized spacial score (nSPS) is 21.8. The first kappa shape index (κ1) is 18.6. The van der Waals surface area contributed by atoms with E-state index in [4.69, 9.17) is 9.73 Å². The zero-order valence-electron chi connectivity index (χ0n) is 16.2. The Hall–Kier alpha value is -2.17. The molecule has 2 heterocycles. The largest absolute Gasteiger partial charge is 0.444 e. The number of carbonyl (C=O) groups excluding carboxylic acids is 1. The highest BCUT2D eigenvalue weighted by atomic mass is 19.1. The van der Waals surface area contributed by atoms with Crippen LogP contribution in [0.3, 0.4) is 0 Å². The van der Waals surface area contributed by atoms with Crippen LogP contribution in [-0.2, 0) is 11.2 Å². The zero-order valence-corrected chi connectivity index (χ0v) is 16.2. The Morgan fingerprint density at radius 2 is 1.96 bits per heavy atom. The molecule has 1 aromatic carbocycles. The van der Waals surface area contributed by atoms with Gasteiger partial charge in [0.1, 0.15) is 11.4 Å². The molecule has 2 aliphatic rings. The molecule has 1 amide bonds. The Balaban J connectivity index is 1.80. The molecule has 0 radical (unpaired) electrons. The Kier molecular flexibility index (Phi) is 4.67. The number of ether oxygens (including phenoxy) is 1. The molecule has 5 heteroatoms. The number of rotatable bonds is 2. The van der Waals surface area contributed by atoms with E-state index in [9.17, 15) is 9.18 Å². The molecule has 1 atom stereocenters. The van der Waals surface area contributed by atoms with Crippen LogP contribution in [-0.4, -0.2) is 34.9 Å². The highest BCUT2D eigenvalue weighted by molar-refractivity contribution is 6.00. The Labute approximate surface area is 154 Å². The molecular formula is C21H27FN2O2. The SMILES string of the molecule is CC(C)(C)OC(=O)N1CC(C)(C)C2=NC=C(Cc3ccc(F)cc3)CC21. The molecule has 0 aliphatic carbocycles. The van der Waals surface area contributed by atoms with Crippen LogP contribution < -0.4 is 0 Å². The summed E-state index contributed by atoms with van der Waals surface area (Å²) in [5.41, 5.74) is 2.52. The lowest BCUT2D eigenvalue weighted by Crippen LogP contribution is -2.42. The van der Waals surface area contributed by atoms with Crippen molar-refractivity contribution < 1.29 is 13.9 Å². The molecule has 1 fully saturated rings. The number of benzene rings is 1. The quantitative estimate of drug-likeness (QED) is 0.766. The van der Waals surface area contributed by atoms with Crippen LogP contribution in [0.2, 0.25) is 0 Å². The van der Waals surface area contributed by atoms with E-state index in [-0.39, 0.29) is 23.4 Å². The summed E-state index contributed by atoms with van der Waals surface area (Å²) in [6, 6.07) is 6.46. The first-order chi connectivity index (χ1) is 12.0. The van der Waals surface area contributed by atoms with Crippen LogP contribution in [0.15, 0.2) is 41.0 Å². The minimum atomic E-state index is -0.525. The number of fused-ring (bicyclic) bond motifs is 1. The summed E-state index contributed by atoms with van der Waals surface area (Å²) >= 11 is 0. The smallest absolute Gasteiger partial charge is 0.410 e. The fourth-order valence-corrected chi connectivity index (χ4v) is 3.64. The molecule has 0 saturated carbocycles. The maximum absolute atomic E-state index is 13.1. The maximum atomic E-state index is 13.1. The van der Waals surface area contributed by atoms with Gasteiger partial charge in [-0.25, -0.2) is 9.18 Å². The van der Waals surface area contributed by atoms with Gasteiger partial charge in [-0.2, -0.15) is 0 Å². The molecule has 3 rings (SSSR count). The monoisotopic (exact) mass is 358 g/mol. The van der Waals surface area contributed by atoms with E-state index in [1.807, 2.05) is 31.9 Å². The van der Waals surface area contributed by atoms with E-state index < -0.39 is 5.60 Å². The molecule has 1 unspecified atom stereocenters. The Morgan fingerprint density at radius 1 is 1.31 bits per heavy atom. The third-order valence-corrected chi connectivity index (χ3v) is 4.77. The summed E-state index contributed by atoms with van der Waals surface area (Å²) in [6.07, 6.45) is 3.06. The highest BCUT2D eigenvalue weighted by Crippen LogP contribution is 2.38. The van der Waals surface area contributed by atoms with Crippen LogP contribution in [0.4, 0.5) is 9.18 Å². The van der Waals surface area contributed by atoms with Gasteiger partial charge in [-0.1, -0.05) is 26.0 Å². The van der Waals surface area contributed by atoms with Crippen LogP contribution in [0, 0.1) is 11.2 Å². The standard InChI is InChI=1S/C21H27FN2O2/c1-20(2,3)26-19(25)24-13-21(4,5)18-17(24)11-15(12-23-18)10-14-6-8-16(22)9-7-14/h6-9,12,17H,10-11,13H2,1-5H3. The van der Waals surface area contributed by atoms with Crippen molar-refractivity contribution in [1.29, 1.82) is 0 Å². The van der Waals surface area contributed by atoms with E-state index in [1.165, 1.54) is 12.1 Å². The molecule has 26 heavy (non-hydrogen) atoms. The van der Waals surface area contributed by atoms with Gasteiger partial charge >= 0.3 is 6.09 Å². The van der Waals surface area contributed by atoms with Crippen molar-refractivity contribution in [2.75, 3.05) is 6.54 Å². The van der Waals surface area contributed by atoms with Crippen molar-refractivity contribution in [2.45, 2.75) is 59.1 Å². The average Bonchev–Trinajstić information content (AvgIpc) is 2.79. The third kappa shape index (κ3) is 3.97. The third-order valence-electron chi connectivity index (χ3n) is 4.77. The summed E-state index contributed by atoms with van der Waals surface area (Å²) in [4.78, 5) is 19.2. The number of likely N-dealkylation sites (tertiary alicyclic amines) is 1. The first-order valence-corrected chi connectivity index (χ1v) is 9.05. The molecule has 1 saturated heterocycles. The number of hydrogen-bond acceptors (Lipinski definition) is 3. The van der Waals surface area contributed by atoms with Gasteiger partial charge in [0.25, 0.3) is 0 Å². The van der Waals surface area contributed by atoms with E-state index in [1.54, 1.807) is 12.1 Å². The van der Waals surface area contributed by atoms with E-state index in [2.05, 4.69) is 13.8 Å². The number of halogens is 1. The van der Waals surface area contributed by atoms with Crippen LogP contribution in [0.1, 0.15) is 46.6 Å². The molecule has 0 bridgehead atoms. The summed E-state index contributed by atoms with van der Waals surface area (Å²) in [7, 11) is 0. The van der Waals surface area contributed by atoms with Crippen molar-refractivity contribution in [2.24, 2.45) is 10.4 Å². The molecule has 2 aliphatic heterocycles. The molecule has 140 valence electrons. The number of nitrogens with zero attached hydrogens (tertiary/aromatic N) is 2. The zero-order chi connectivity index (χ0) is 19.1. The second kappa shape index (κ2) is 6.53. The van der Waals surface area contributed by atoms with Crippen molar-refractivity contribution in [3.8, 4) is 0 Å². The van der Waals surface area contributed by atoms with Gasteiger partial charge < -0.3 is 4.74 Å². The van der Waals surface area contributed by atoms with E-state index in [0.717, 1.165) is 23.3 Å². The molecule has 0 N–H and O–H groups in total. The van der Waals surface area contributed by atoms with E-state index in [0.29, 0.717) is 13.0 Å². The lowest BCUT2D eigenvalue weighted by molar-refractivity contribution is 0.0222. The maximum Gasteiger partial charge on any atom is 0.410 e. The predicted octanol–water partition coefficient (Wildman–Crippen LogP) is 4.74. The predicted molar refractivity (Wildman–Crippen MR) is 101 cm³/mol. The molecular weight excluding hydrogens is 331 g/mol. The molecule has 0 spiro atoms. The molecule has 0 aromatic heterocycles. The van der Waals surface area contributed by atoms with Crippen molar-refractivity contribution in [1.82, 2.24) is 4.90 Å². The van der Waals surface area contributed by atoms with Gasteiger partial charge in [0.2, 0.25) is 0 Å². The Bertz CT molecular complexity index is 757. The lowest BCUT2D eigenvalue weighted by atomic mass is 9.84. The van der Waals surface area contributed by atoms with Crippen LogP contribution in [0.5, 0.6) is 0 Å². The van der Waals surface area contributed by atoms with Crippen LogP contribution >= 0.6 is 0 Å². The van der Waals surface area contributed by atoms with Crippen LogP contribution in [0.25, 0.3) is 0 Å². The minimum absolute atomic E-state index is 0.0692. The second-order valence-corrected chi connectivity index (χ2v) is 8.82. The number of carbonyl (C=O) groups is 1. The molecule has 1 aromatic rings. The number of aliphatic imine (C=N–C) groups is 1. The van der Waals surface area contributed by atoms with Gasteiger partial charge in [-0.3, -0.25) is 9.89 Å². The van der Waals surface area contributed by atoms with Gasteiger partial charge in [-0.15, -0.1) is 0 Å². The fraction of sp³-hybridized carbons (Fsp3) is 0.524. The second-order valence-electron chi connectivity index (χ2n) is 8.82. The van der Waals surface area contributed by atoms with E-state index >= 15 is 0 Å². The molecule has 4 nitrogen and oxygen atoms in total. The minimum Gasteiger partial charge on any atom is -0.444 e. The topological polar surface area (TPSA) is 41.9 Å². The van der Waals surface area contributed by atoms with Crippen molar-refractivity contribution in [3.63, 3.8) is 0 Å². The highest BCUT2D eigenvalue weighted by Gasteiger charge is 2.48. The van der Waals surface area contributed by atoms with Crippen molar-refractivity contribution >= 4 is 11.8 Å². The summed E-state index contributed by atoms with van der Waals surface area (Å²) in [5.74, 6) is -0.236. The number of hydrogen-bond donors (Lipinski definition) is 0. The number of amides is 1. The summed E-state index contributed by atoms with van der Waals surface area (Å²) in [5, 5.41) is 0. The summed E-state index contributed by atoms with van der Waals surface area (Å²) < 4.78 is 18.7. The summed E-state index contributed by atoms with van der Waals surface area (Å²) in [6.45, 7) is 10.5. The Morgan fingerprint density at radius 3 is 2.58 bits per heavy atom. The van der Waals surface area contributed by atoms with Gasteiger partial charge in [0.15, 0.2) is 0 Å².